The monoisotopic (exact) mass is 1410 g/mol. The molecular formula is C90H70N12O6. The van der Waals surface area contributed by atoms with Gasteiger partial charge in [0.15, 0.2) is 0 Å². The molecule has 0 unspecified atom stereocenters. The Kier molecular flexibility index (Phi) is 20.4. The van der Waals surface area contributed by atoms with Gasteiger partial charge in [0.1, 0.15) is 0 Å². The predicted octanol–water partition coefficient (Wildman–Crippen LogP) is 17.4. The average molecular weight is 1420 g/mol. The van der Waals surface area contributed by atoms with Crippen molar-refractivity contribution in [2.75, 3.05) is 71.7 Å². The van der Waals surface area contributed by atoms with E-state index < -0.39 is 35.4 Å². The number of benzene rings is 8. The van der Waals surface area contributed by atoms with Crippen LogP contribution in [0.15, 0.2) is 316 Å². The first-order valence-corrected chi connectivity index (χ1v) is 34.7. The highest BCUT2D eigenvalue weighted by atomic mass is 16.2. The van der Waals surface area contributed by atoms with E-state index in [9.17, 15) is 28.8 Å². The lowest BCUT2D eigenvalue weighted by Gasteiger charge is -2.22. The van der Waals surface area contributed by atoms with Crippen LogP contribution in [0.5, 0.6) is 0 Å². The van der Waals surface area contributed by atoms with E-state index in [0.717, 1.165) is 67.3 Å². The SMILES string of the molecule is CN(C(=O)c1cc(C(=O)N(C)c2ccc(-c3ccccn3)cc2)cc(C(=O)N(C)c2ccc(-c3cc(-c4ccc(-c5ccc(N(C)C(=O)c6cc(C(=O)N(C)c7ccc(-c8ccccc8)nc7)cc(C(=O)N(C)c7ccc(-c8ccccc8)nc7)c6)cn5)cc4)ccn3)cc2)c1)c1ccc(-c2ccccn2)cc1. The van der Waals surface area contributed by atoms with Gasteiger partial charge >= 0.3 is 0 Å². The van der Waals surface area contributed by atoms with E-state index in [-0.39, 0.29) is 33.4 Å². The Morgan fingerprint density at radius 3 is 0.722 bits per heavy atom. The second-order valence-electron chi connectivity index (χ2n) is 25.8. The molecule has 0 atom stereocenters. The van der Waals surface area contributed by atoms with Gasteiger partial charge < -0.3 is 29.4 Å². The highest BCUT2D eigenvalue weighted by molar-refractivity contribution is 6.16. The molecule has 6 heterocycles. The quantitative estimate of drug-likeness (QED) is 0.0743. The molecule has 18 nitrogen and oxygen atoms in total. The lowest BCUT2D eigenvalue weighted by atomic mass is 10.0. The van der Waals surface area contributed by atoms with Crippen LogP contribution < -0.4 is 29.4 Å². The highest BCUT2D eigenvalue weighted by Crippen LogP contribution is 2.33. The van der Waals surface area contributed by atoms with Gasteiger partial charge in [-0.25, -0.2) is 0 Å². The molecule has 0 spiro atoms. The molecule has 8 aromatic carbocycles. The van der Waals surface area contributed by atoms with Crippen molar-refractivity contribution in [2.24, 2.45) is 0 Å². The number of nitrogens with zero attached hydrogens (tertiary/aromatic N) is 12. The Labute approximate surface area is 624 Å². The van der Waals surface area contributed by atoms with Gasteiger partial charge in [-0.05, 0) is 157 Å². The highest BCUT2D eigenvalue weighted by Gasteiger charge is 2.27. The van der Waals surface area contributed by atoms with Crippen LogP contribution in [0.25, 0.3) is 78.7 Å². The van der Waals surface area contributed by atoms with Gasteiger partial charge in [0.05, 0.1) is 69.8 Å². The predicted molar refractivity (Wildman–Crippen MR) is 426 cm³/mol. The fourth-order valence-electron chi connectivity index (χ4n) is 12.6. The molecule has 0 N–H and O–H groups in total. The van der Waals surface area contributed by atoms with Crippen LogP contribution in [0, 0.1) is 0 Å². The molecule has 0 radical (unpaired) electrons. The fourth-order valence-corrected chi connectivity index (χ4v) is 12.6. The zero-order valence-corrected chi connectivity index (χ0v) is 59.8. The summed E-state index contributed by atoms with van der Waals surface area (Å²) in [7, 11) is 9.81. The number of carbonyl (C=O) groups excluding carboxylic acids is 6. The largest absolute Gasteiger partial charge is 0.311 e. The Hall–Kier alpha value is -14.5. The molecule has 0 saturated carbocycles. The summed E-state index contributed by atoms with van der Waals surface area (Å²) in [4.78, 5) is 124. The van der Waals surface area contributed by atoms with Crippen molar-refractivity contribution in [3.05, 3.63) is 350 Å². The van der Waals surface area contributed by atoms with E-state index in [1.807, 2.05) is 224 Å². The van der Waals surface area contributed by atoms with Crippen LogP contribution >= 0.6 is 0 Å². The second-order valence-corrected chi connectivity index (χ2v) is 25.8. The summed E-state index contributed by atoms with van der Waals surface area (Å²) in [5.41, 5.74) is 15.5. The summed E-state index contributed by atoms with van der Waals surface area (Å²) >= 11 is 0. The number of amides is 6. The zero-order chi connectivity index (χ0) is 75.0. The van der Waals surface area contributed by atoms with Crippen molar-refractivity contribution in [3.8, 4) is 78.7 Å². The maximum absolute atomic E-state index is 14.7. The van der Waals surface area contributed by atoms with E-state index in [1.54, 1.807) is 97.7 Å². The van der Waals surface area contributed by atoms with Crippen LogP contribution in [0.3, 0.4) is 0 Å². The first-order valence-electron chi connectivity index (χ1n) is 34.7. The van der Waals surface area contributed by atoms with Crippen LogP contribution in [-0.4, -0.2) is 108 Å². The summed E-state index contributed by atoms with van der Waals surface area (Å²) in [5.74, 6) is -2.70. The third-order valence-electron chi connectivity index (χ3n) is 19.0. The van der Waals surface area contributed by atoms with Crippen molar-refractivity contribution < 1.29 is 28.8 Å². The Morgan fingerprint density at radius 2 is 0.435 bits per heavy atom. The molecule has 6 amide bonds. The van der Waals surface area contributed by atoms with Crippen molar-refractivity contribution in [1.82, 2.24) is 29.9 Å². The average Bonchev–Trinajstić information content (AvgIpc) is 0.799. The van der Waals surface area contributed by atoms with Crippen LogP contribution in [0.1, 0.15) is 62.1 Å². The van der Waals surface area contributed by atoms with Gasteiger partial charge in [-0.2, -0.15) is 0 Å². The maximum atomic E-state index is 14.7. The standard InChI is InChI=1S/C90H70N12O6/c1-97(73-33-27-63(28-34-73)79-21-13-15-46-91-79)85(103)67-49-68(86(104)98(2)74-35-29-64(30-36-74)80-22-14-16-47-92-80)51-69(50-67)87(105)99(3)75-37-31-65(32-38-75)84-55-66(45-48-93-84)59-23-25-62(26-24-59)83-44-41-78(58-96-83)102(6)90(108)72-53-70(88(106)100(4)76-39-42-81(94-56-76)60-17-9-7-10-18-60)52-71(54-72)89(107)101(5)77-40-43-82(95-57-77)61-19-11-8-12-20-61/h7-58H,1-6H3. The molecule has 108 heavy (non-hydrogen) atoms. The van der Waals surface area contributed by atoms with E-state index in [2.05, 4.69) is 19.9 Å². The smallest absolute Gasteiger partial charge is 0.258 e. The topological polar surface area (TPSA) is 199 Å². The van der Waals surface area contributed by atoms with Crippen LogP contribution in [0.2, 0.25) is 0 Å². The third kappa shape index (κ3) is 15.3. The Bertz CT molecular complexity index is 5390. The molecule has 0 saturated heterocycles. The fraction of sp³-hybridized carbons (Fsp3) is 0.0667. The first kappa shape index (κ1) is 70.5. The second kappa shape index (κ2) is 31.2. The number of hydrogen-bond donors (Lipinski definition) is 0. The minimum Gasteiger partial charge on any atom is -0.311 e. The van der Waals surface area contributed by atoms with Crippen LogP contribution in [0.4, 0.5) is 34.1 Å². The molecule has 0 bridgehead atoms. The number of aromatic nitrogens is 6. The van der Waals surface area contributed by atoms with Gasteiger partial charge in [0.25, 0.3) is 35.4 Å². The van der Waals surface area contributed by atoms with Gasteiger partial charge in [-0.3, -0.25) is 58.7 Å². The molecule has 14 rings (SSSR count). The first-order chi connectivity index (χ1) is 52.5. The number of rotatable bonds is 19. The van der Waals surface area contributed by atoms with E-state index in [0.29, 0.717) is 45.5 Å². The van der Waals surface area contributed by atoms with Crippen molar-refractivity contribution in [1.29, 1.82) is 0 Å². The summed E-state index contributed by atoms with van der Waals surface area (Å²) in [5, 5.41) is 0. The number of pyridine rings is 6. The van der Waals surface area contributed by atoms with E-state index in [4.69, 9.17) is 9.97 Å². The summed E-state index contributed by atoms with van der Waals surface area (Å²) < 4.78 is 0. The van der Waals surface area contributed by atoms with Gasteiger partial charge in [-0.1, -0.05) is 133 Å². The minimum absolute atomic E-state index is 0.105. The minimum atomic E-state index is -0.479. The third-order valence-corrected chi connectivity index (χ3v) is 19.0. The molecule has 14 aromatic rings. The molecule has 0 fully saturated rings. The van der Waals surface area contributed by atoms with Crippen LogP contribution in [-0.2, 0) is 0 Å². The summed E-state index contributed by atoms with van der Waals surface area (Å²) in [6.45, 7) is 0. The van der Waals surface area contributed by atoms with Crippen molar-refractivity contribution >= 4 is 69.6 Å². The molecule has 18 heteroatoms. The number of anilines is 6. The number of hydrogen-bond acceptors (Lipinski definition) is 12. The van der Waals surface area contributed by atoms with Gasteiger partial charge in [-0.15, -0.1) is 0 Å². The summed E-state index contributed by atoms with van der Waals surface area (Å²) in [6.07, 6.45) is 10.0. The lowest BCUT2D eigenvalue weighted by Crippen LogP contribution is -2.31. The molecule has 0 aliphatic carbocycles. The normalized spacial score (nSPS) is 10.9. The van der Waals surface area contributed by atoms with E-state index >= 15 is 0 Å². The van der Waals surface area contributed by atoms with Gasteiger partial charge in [0, 0.05) is 145 Å². The van der Waals surface area contributed by atoms with E-state index in [1.165, 1.54) is 65.8 Å². The Morgan fingerprint density at radius 1 is 0.194 bits per heavy atom. The number of carbonyl (C=O) groups is 6. The summed E-state index contributed by atoms with van der Waals surface area (Å²) in [6, 6.07) is 84.9. The zero-order valence-electron chi connectivity index (χ0n) is 59.8. The molecule has 6 aromatic heterocycles. The van der Waals surface area contributed by atoms with Crippen molar-refractivity contribution in [2.45, 2.75) is 0 Å². The molecule has 0 aliphatic rings. The van der Waals surface area contributed by atoms with Crippen molar-refractivity contribution in [3.63, 3.8) is 0 Å². The lowest BCUT2D eigenvalue weighted by molar-refractivity contribution is 0.0971. The molecule has 526 valence electrons. The molecule has 0 aliphatic heterocycles. The molecular weight excluding hydrogens is 1350 g/mol. The van der Waals surface area contributed by atoms with Gasteiger partial charge in [0.2, 0.25) is 0 Å². The maximum Gasteiger partial charge on any atom is 0.258 e. The Balaban J connectivity index is 0.665.